The highest BCUT2D eigenvalue weighted by Crippen LogP contribution is 2.36. The van der Waals surface area contributed by atoms with Crippen molar-refractivity contribution in [2.45, 2.75) is 31.8 Å². The lowest BCUT2D eigenvalue weighted by atomic mass is 9.99. The SMILES string of the molecule is Cc1noc(-c2ccc(Br)cc2)c1C(CO)N[C@H]1CCc2ccccc21. The zero-order chi connectivity index (χ0) is 18.1. The van der Waals surface area contributed by atoms with E-state index in [1.54, 1.807) is 0 Å². The zero-order valence-electron chi connectivity index (χ0n) is 14.6. The minimum Gasteiger partial charge on any atom is -0.394 e. The van der Waals surface area contributed by atoms with E-state index in [-0.39, 0.29) is 18.7 Å². The molecule has 1 aromatic heterocycles. The van der Waals surface area contributed by atoms with Crippen LogP contribution in [0.5, 0.6) is 0 Å². The maximum absolute atomic E-state index is 10.1. The van der Waals surface area contributed by atoms with Crippen LogP contribution in [0.3, 0.4) is 0 Å². The molecule has 0 saturated heterocycles. The van der Waals surface area contributed by atoms with Crippen molar-refractivity contribution < 1.29 is 9.63 Å². The minimum absolute atomic E-state index is 0.00967. The fourth-order valence-corrected chi connectivity index (χ4v) is 4.06. The summed E-state index contributed by atoms with van der Waals surface area (Å²) in [5.74, 6) is 0.716. The predicted molar refractivity (Wildman–Crippen MR) is 105 cm³/mol. The van der Waals surface area contributed by atoms with Crippen molar-refractivity contribution in [1.29, 1.82) is 0 Å². The van der Waals surface area contributed by atoms with Gasteiger partial charge in [-0.25, -0.2) is 0 Å². The average Bonchev–Trinajstić information content (AvgIpc) is 3.24. The van der Waals surface area contributed by atoms with Gasteiger partial charge in [0.25, 0.3) is 0 Å². The highest BCUT2D eigenvalue weighted by atomic mass is 79.9. The van der Waals surface area contributed by atoms with Gasteiger partial charge in [-0.05, 0) is 43.0 Å². The maximum Gasteiger partial charge on any atom is 0.171 e. The molecule has 1 unspecified atom stereocenters. The van der Waals surface area contributed by atoms with Crippen molar-refractivity contribution in [3.8, 4) is 11.3 Å². The Morgan fingerprint density at radius 1 is 1.23 bits per heavy atom. The van der Waals surface area contributed by atoms with Crippen LogP contribution < -0.4 is 5.32 Å². The summed E-state index contributed by atoms with van der Waals surface area (Å²) >= 11 is 3.46. The summed E-state index contributed by atoms with van der Waals surface area (Å²) in [6.45, 7) is 1.92. The molecule has 0 radical (unpaired) electrons. The number of fused-ring (bicyclic) bond motifs is 1. The Morgan fingerprint density at radius 2 is 2.00 bits per heavy atom. The van der Waals surface area contributed by atoms with Crippen LogP contribution >= 0.6 is 15.9 Å². The molecule has 134 valence electrons. The van der Waals surface area contributed by atoms with E-state index in [1.165, 1.54) is 11.1 Å². The number of aliphatic hydroxyl groups excluding tert-OH is 1. The van der Waals surface area contributed by atoms with Crippen molar-refractivity contribution in [3.63, 3.8) is 0 Å². The molecule has 1 heterocycles. The molecule has 0 spiro atoms. The minimum atomic E-state index is -0.226. The van der Waals surface area contributed by atoms with E-state index in [4.69, 9.17) is 4.52 Å². The normalized spacial score (nSPS) is 17.3. The van der Waals surface area contributed by atoms with Crippen molar-refractivity contribution in [3.05, 3.63) is 75.4 Å². The summed E-state index contributed by atoms with van der Waals surface area (Å²) in [7, 11) is 0. The van der Waals surface area contributed by atoms with Crippen LogP contribution in [0.25, 0.3) is 11.3 Å². The van der Waals surface area contributed by atoms with Gasteiger partial charge in [0.05, 0.1) is 18.3 Å². The second-order valence-electron chi connectivity index (χ2n) is 6.71. The van der Waals surface area contributed by atoms with Crippen LogP contribution in [0.2, 0.25) is 0 Å². The number of hydrogen-bond donors (Lipinski definition) is 2. The lowest BCUT2D eigenvalue weighted by molar-refractivity contribution is 0.232. The fourth-order valence-electron chi connectivity index (χ4n) is 3.80. The Kier molecular flexibility index (Phi) is 4.94. The molecule has 5 heteroatoms. The zero-order valence-corrected chi connectivity index (χ0v) is 16.2. The maximum atomic E-state index is 10.1. The molecule has 0 aliphatic heterocycles. The first-order valence-corrected chi connectivity index (χ1v) is 9.63. The first-order chi connectivity index (χ1) is 12.7. The van der Waals surface area contributed by atoms with Crippen LogP contribution in [-0.4, -0.2) is 16.9 Å². The molecular weight excluding hydrogens is 392 g/mol. The quantitative estimate of drug-likeness (QED) is 0.636. The van der Waals surface area contributed by atoms with Crippen LogP contribution in [-0.2, 0) is 6.42 Å². The Morgan fingerprint density at radius 3 is 2.77 bits per heavy atom. The van der Waals surface area contributed by atoms with Gasteiger partial charge in [-0.3, -0.25) is 0 Å². The number of nitrogens with zero attached hydrogens (tertiary/aromatic N) is 1. The summed E-state index contributed by atoms with van der Waals surface area (Å²) in [5.41, 5.74) is 5.40. The molecule has 26 heavy (non-hydrogen) atoms. The molecule has 1 aliphatic carbocycles. The highest BCUT2D eigenvalue weighted by Gasteiger charge is 2.29. The second-order valence-corrected chi connectivity index (χ2v) is 7.63. The lowest BCUT2D eigenvalue weighted by Gasteiger charge is -2.22. The predicted octanol–water partition coefficient (Wildman–Crippen LogP) is 4.72. The van der Waals surface area contributed by atoms with E-state index in [1.807, 2.05) is 31.2 Å². The summed E-state index contributed by atoms with van der Waals surface area (Å²) in [6, 6.07) is 16.5. The number of aromatic nitrogens is 1. The fraction of sp³-hybridized carbons (Fsp3) is 0.286. The van der Waals surface area contributed by atoms with Gasteiger partial charge in [0.2, 0.25) is 0 Å². The molecule has 0 bridgehead atoms. The van der Waals surface area contributed by atoms with E-state index >= 15 is 0 Å². The third-order valence-corrected chi connectivity index (χ3v) is 5.61. The van der Waals surface area contributed by atoms with Gasteiger partial charge in [0, 0.05) is 21.6 Å². The molecule has 2 N–H and O–H groups in total. The Hall–Kier alpha value is -1.95. The van der Waals surface area contributed by atoms with Gasteiger partial charge in [0.1, 0.15) is 0 Å². The van der Waals surface area contributed by atoms with Crippen LogP contribution in [0, 0.1) is 6.92 Å². The van der Waals surface area contributed by atoms with Gasteiger partial charge >= 0.3 is 0 Å². The third kappa shape index (κ3) is 3.22. The van der Waals surface area contributed by atoms with E-state index in [0.717, 1.165) is 34.1 Å². The molecule has 0 fully saturated rings. The standard InChI is InChI=1S/C21H21BrN2O2/c1-13-20(21(26-24-13)15-6-9-16(22)10-7-15)19(12-25)23-18-11-8-14-4-2-3-5-17(14)18/h2-7,9-10,18-19,23,25H,8,11-12H2,1H3/t18-,19?/m0/s1. The van der Waals surface area contributed by atoms with Crippen molar-refractivity contribution in [2.24, 2.45) is 0 Å². The summed E-state index contributed by atoms with van der Waals surface area (Å²) in [6.07, 6.45) is 2.10. The number of halogens is 1. The molecule has 2 atom stereocenters. The first kappa shape index (κ1) is 17.5. The monoisotopic (exact) mass is 412 g/mol. The molecular formula is C21H21BrN2O2. The number of aryl methyl sites for hydroxylation is 2. The highest BCUT2D eigenvalue weighted by molar-refractivity contribution is 9.10. The van der Waals surface area contributed by atoms with Gasteiger partial charge in [-0.1, -0.05) is 57.5 Å². The Balaban J connectivity index is 1.66. The van der Waals surface area contributed by atoms with Crippen molar-refractivity contribution in [2.75, 3.05) is 6.61 Å². The lowest BCUT2D eigenvalue weighted by Crippen LogP contribution is -2.28. The number of aliphatic hydroxyl groups is 1. The molecule has 4 rings (SSSR count). The van der Waals surface area contributed by atoms with E-state index in [0.29, 0.717) is 5.76 Å². The Labute approximate surface area is 161 Å². The topological polar surface area (TPSA) is 58.3 Å². The van der Waals surface area contributed by atoms with Gasteiger partial charge in [0.15, 0.2) is 5.76 Å². The average molecular weight is 413 g/mol. The largest absolute Gasteiger partial charge is 0.394 e. The number of rotatable bonds is 5. The summed E-state index contributed by atoms with van der Waals surface area (Å²) < 4.78 is 6.63. The summed E-state index contributed by atoms with van der Waals surface area (Å²) in [5, 5.41) is 17.9. The molecule has 3 aromatic rings. The van der Waals surface area contributed by atoms with Crippen LogP contribution in [0.1, 0.15) is 40.9 Å². The van der Waals surface area contributed by atoms with Crippen LogP contribution in [0.15, 0.2) is 57.5 Å². The molecule has 0 amide bonds. The second kappa shape index (κ2) is 7.35. The van der Waals surface area contributed by atoms with Gasteiger partial charge in [-0.15, -0.1) is 0 Å². The summed E-state index contributed by atoms with van der Waals surface area (Å²) in [4.78, 5) is 0. The first-order valence-electron chi connectivity index (χ1n) is 8.84. The molecule has 2 aromatic carbocycles. The number of benzene rings is 2. The van der Waals surface area contributed by atoms with E-state index in [9.17, 15) is 5.11 Å². The van der Waals surface area contributed by atoms with Gasteiger partial charge in [-0.2, -0.15) is 0 Å². The smallest absolute Gasteiger partial charge is 0.171 e. The number of hydrogen-bond acceptors (Lipinski definition) is 4. The van der Waals surface area contributed by atoms with E-state index in [2.05, 4.69) is 50.7 Å². The third-order valence-electron chi connectivity index (χ3n) is 5.08. The van der Waals surface area contributed by atoms with Gasteiger partial charge < -0.3 is 14.9 Å². The Bertz CT molecular complexity index is 905. The molecule has 4 nitrogen and oxygen atoms in total. The van der Waals surface area contributed by atoms with Crippen molar-refractivity contribution >= 4 is 15.9 Å². The molecule has 0 saturated carbocycles. The van der Waals surface area contributed by atoms with Crippen LogP contribution in [0.4, 0.5) is 0 Å². The van der Waals surface area contributed by atoms with Crippen molar-refractivity contribution in [1.82, 2.24) is 10.5 Å². The van der Waals surface area contributed by atoms with E-state index < -0.39 is 0 Å². The number of nitrogens with one attached hydrogen (secondary N) is 1. The molecule has 1 aliphatic rings.